The van der Waals surface area contributed by atoms with Crippen molar-refractivity contribution in [3.63, 3.8) is 0 Å². The van der Waals surface area contributed by atoms with Crippen LogP contribution in [0.25, 0.3) is 0 Å². The van der Waals surface area contributed by atoms with E-state index in [1.54, 1.807) is 4.90 Å². The van der Waals surface area contributed by atoms with Gasteiger partial charge in [-0.3, -0.25) is 4.79 Å². The molecule has 0 spiro atoms. The molecule has 0 aromatic rings. The Bertz CT molecular complexity index is 172. The summed E-state index contributed by atoms with van der Waals surface area (Å²) < 4.78 is 0. The number of amides is 1. The first-order chi connectivity index (χ1) is 6.24. The minimum absolute atomic E-state index is 0.102. The normalized spacial score (nSPS) is 22.3. The van der Waals surface area contributed by atoms with Gasteiger partial charge >= 0.3 is 0 Å². The monoisotopic (exact) mass is 187 g/mol. The van der Waals surface area contributed by atoms with Crippen LogP contribution in [0, 0.1) is 0 Å². The largest absolute Gasteiger partial charge is 0.396 e. The molecule has 1 amide bonds. The van der Waals surface area contributed by atoms with E-state index in [2.05, 4.69) is 0 Å². The fourth-order valence-corrected chi connectivity index (χ4v) is 1.51. The highest BCUT2D eigenvalue weighted by Crippen LogP contribution is 2.11. The summed E-state index contributed by atoms with van der Waals surface area (Å²) in [6, 6.07) is 0. The van der Waals surface area contributed by atoms with Gasteiger partial charge in [0, 0.05) is 26.1 Å². The highest BCUT2D eigenvalue weighted by Gasteiger charge is 2.23. The maximum absolute atomic E-state index is 11.4. The number of unbranched alkanes of at least 4 members (excludes halogenated alkanes) is 1. The zero-order valence-corrected chi connectivity index (χ0v) is 7.78. The number of aliphatic hydroxyl groups is 2. The fraction of sp³-hybridized carbons (Fsp3) is 0.889. The Balaban J connectivity index is 2.16. The van der Waals surface area contributed by atoms with Crippen molar-refractivity contribution in [1.82, 2.24) is 4.90 Å². The van der Waals surface area contributed by atoms with Gasteiger partial charge in [-0.05, 0) is 19.3 Å². The number of carbonyl (C=O) groups excluding carboxylic acids is 1. The van der Waals surface area contributed by atoms with Crippen molar-refractivity contribution >= 4 is 5.91 Å². The molecule has 0 unspecified atom stereocenters. The number of β-amino-alcohol motifs (C(OH)–C–C–N with tert-alkyl or cyclic N) is 1. The van der Waals surface area contributed by atoms with Crippen molar-refractivity contribution in [2.24, 2.45) is 0 Å². The van der Waals surface area contributed by atoms with E-state index in [9.17, 15) is 9.90 Å². The molecule has 1 atom stereocenters. The van der Waals surface area contributed by atoms with Crippen LogP contribution in [0.5, 0.6) is 0 Å². The van der Waals surface area contributed by atoms with Crippen LogP contribution in [0.1, 0.15) is 25.7 Å². The third-order valence-electron chi connectivity index (χ3n) is 2.31. The van der Waals surface area contributed by atoms with E-state index in [0.29, 0.717) is 32.4 Å². The van der Waals surface area contributed by atoms with Crippen LogP contribution in [0.3, 0.4) is 0 Å². The predicted octanol–water partition coefficient (Wildman–Crippen LogP) is -0.258. The first-order valence-corrected chi connectivity index (χ1v) is 4.80. The Hall–Kier alpha value is -0.610. The van der Waals surface area contributed by atoms with Crippen molar-refractivity contribution in [2.75, 3.05) is 19.7 Å². The predicted molar refractivity (Wildman–Crippen MR) is 48.1 cm³/mol. The molecule has 0 saturated carbocycles. The maximum atomic E-state index is 11.4. The Morgan fingerprint density at radius 3 is 2.77 bits per heavy atom. The van der Waals surface area contributed by atoms with Crippen LogP contribution in [0.2, 0.25) is 0 Å². The van der Waals surface area contributed by atoms with Gasteiger partial charge in [0.15, 0.2) is 0 Å². The van der Waals surface area contributed by atoms with Crippen molar-refractivity contribution in [3.05, 3.63) is 0 Å². The molecule has 0 aliphatic carbocycles. The molecule has 0 aromatic heterocycles. The average Bonchev–Trinajstić information content (AvgIpc) is 2.52. The molecular weight excluding hydrogens is 170 g/mol. The molecule has 0 aromatic carbocycles. The average molecular weight is 187 g/mol. The van der Waals surface area contributed by atoms with Crippen molar-refractivity contribution < 1.29 is 15.0 Å². The zero-order valence-electron chi connectivity index (χ0n) is 7.78. The molecule has 1 saturated heterocycles. The maximum Gasteiger partial charge on any atom is 0.222 e. The van der Waals surface area contributed by atoms with Crippen molar-refractivity contribution in [2.45, 2.75) is 31.8 Å². The molecule has 4 heteroatoms. The number of hydrogen-bond donors (Lipinski definition) is 2. The van der Waals surface area contributed by atoms with Gasteiger partial charge in [-0.25, -0.2) is 0 Å². The minimum atomic E-state index is -0.332. The first-order valence-electron chi connectivity index (χ1n) is 4.80. The number of aliphatic hydroxyl groups excluding tert-OH is 2. The summed E-state index contributed by atoms with van der Waals surface area (Å²) in [5, 5.41) is 17.7. The van der Waals surface area contributed by atoms with Gasteiger partial charge < -0.3 is 15.1 Å². The number of nitrogens with zero attached hydrogens (tertiary/aromatic N) is 1. The van der Waals surface area contributed by atoms with E-state index < -0.39 is 0 Å². The van der Waals surface area contributed by atoms with E-state index in [-0.39, 0.29) is 18.6 Å². The van der Waals surface area contributed by atoms with E-state index in [4.69, 9.17) is 5.11 Å². The summed E-state index contributed by atoms with van der Waals surface area (Å²) in [6.07, 6.45) is 2.28. The van der Waals surface area contributed by atoms with Gasteiger partial charge in [0.25, 0.3) is 0 Å². The number of rotatable bonds is 4. The molecule has 1 rings (SSSR count). The second kappa shape index (κ2) is 5.19. The van der Waals surface area contributed by atoms with Crippen LogP contribution in [-0.4, -0.2) is 46.8 Å². The summed E-state index contributed by atoms with van der Waals surface area (Å²) in [7, 11) is 0. The summed E-state index contributed by atoms with van der Waals surface area (Å²) in [6.45, 7) is 1.31. The number of carbonyl (C=O) groups is 1. The molecule has 4 nitrogen and oxygen atoms in total. The molecule has 13 heavy (non-hydrogen) atoms. The topological polar surface area (TPSA) is 60.8 Å². The minimum Gasteiger partial charge on any atom is -0.396 e. The Morgan fingerprint density at radius 1 is 1.46 bits per heavy atom. The van der Waals surface area contributed by atoms with Crippen LogP contribution >= 0.6 is 0 Å². The van der Waals surface area contributed by atoms with Crippen molar-refractivity contribution in [3.8, 4) is 0 Å². The molecule has 1 aliphatic rings. The smallest absolute Gasteiger partial charge is 0.222 e. The van der Waals surface area contributed by atoms with Gasteiger partial charge in [-0.2, -0.15) is 0 Å². The Kier molecular flexibility index (Phi) is 4.18. The number of likely N-dealkylation sites (tertiary alicyclic amines) is 1. The van der Waals surface area contributed by atoms with Crippen LogP contribution in [0.15, 0.2) is 0 Å². The van der Waals surface area contributed by atoms with Gasteiger partial charge in [0.2, 0.25) is 5.91 Å². The van der Waals surface area contributed by atoms with E-state index in [1.165, 1.54) is 0 Å². The number of hydrogen-bond acceptors (Lipinski definition) is 3. The van der Waals surface area contributed by atoms with Crippen LogP contribution in [-0.2, 0) is 4.79 Å². The van der Waals surface area contributed by atoms with Gasteiger partial charge in [-0.1, -0.05) is 0 Å². The van der Waals surface area contributed by atoms with Gasteiger partial charge in [-0.15, -0.1) is 0 Å². The lowest BCUT2D eigenvalue weighted by molar-refractivity contribution is -0.130. The summed E-state index contributed by atoms with van der Waals surface area (Å²) >= 11 is 0. The third-order valence-corrected chi connectivity index (χ3v) is 2.31. The Labute approximate surface area is 78.2 Å². The lowest BCUT2D eigenvalue weighted by Gasteiger charge is -2.14. The SMILES string of the molecule is O=C(CCCCO)N1CC[C@H](O)C1. The quantitative estimate of drug-likeness (QED) is 0.596. The van der Waals surface area contributed by atoms with Crippen LogP contribution < -0.4 is 0 Å². The first kappa shape index (κ1) is 10.5. The molecule has 0 bridgehead atoms. The van der Waals surface area contributed by atoms with E-state index in [1.807, 2.05) is 0 Å². The van der Waals surface area contributed by atoms with E-state index >= 15 is 0 Å². The zero-order chi connectivity index (χ0) is 9.68. The highest BCUT2D eigenvalue weighted by molar-refractivity contribution is 5.76. The molecule has 2 N–H and O–H groups in total. The molecule has 0 radical (unpaired) electrons. The summed E-state index contributed by atoms with van der Waals surface area (Å²) in [5.74, 6) is 0.102. The molecule has 1 aliphatic heterocycles. The second-order valence-electron chi connectivity index (χ2n) is 3.46. The molecule has 1 heterocycles. The van der Waals surface area contributed by atoms with Crippen LogP contribution in [0.4, 0.5) is 0 Å². The highest BCUT2D eigenvalue weighted by atomic mass is 16.3. The molecular formula is C9H17NO3. The van der Waals surface area contributed by atoms with Gasteiger partial charge in [0.05, 0.1) is 6.10 Å². The van der Waals surface area contributed by atoms with Crippen molar-refractivity contribution in [1.29, 1.82) is 0 Å². The summed E-state index contributed by atoms with van der Waals surface area (Å²) in [5.41, 5.74) is 0. The standard InChI is InChI=1S/C9H17NO3/c11-6-2-1-3-9(13)10-5-4-8(12)7-10/h8,11-12H,1-7H2/t8-/m0/s1. The summed E-state index contributed by atoms with van der Waals surface area (Å²) in [4.78, 5) is 13.1. The lowest BCUT2D eigenvalue weighted by Crippen LogP contribution is -2.29. The molecule has 76 valence electrons. The third kappa shape index (κ3) is 3.32. The Morgan fingerprint density at radius 2 is 2.23 bits per heavy atom. The second-order valence-corrected chi connectivity index (χ2v) is 3.46. The fourth-order valence-electron chi connectivity index (χ4n) is 1.51. The molecule has 1 fully saturated rings. The van der Waals surface area contributed by atoms with Gasteiger partial charge in [0.1, 0.15) is 0 Å². The lowest BCUT2D eigenvalue weighted by atomic mass is 10.2. The van der Waals surface area contributed by atoms with E-state index in [0.717, 1.165) is 6.42 Å².